The second-order valence-electron chi connectivity index (χ2n) is 6.14. The van der Waals surface area contributed by atoms with Crippen molar-refractivity contribution >= 4 is 5.91 Å². The fraction of sp³-hybridized carbons (Fsp3) is 0.421. The van der Waals surface area contributed by atoms with Gasteiger partial charge >= 0.3 is 0 Å². The molecule has 25 heavy (non-hydrogen) atoms. The molecule has 3 rings (SSSR count). The second-order valence-corrected chi connectivity index (χ2v) is 6.14. The van der Waals surface area contributed by atoms with Crippen LogP contribution in [-0.2, 0) is 11.3 Å². The molecule has 0 radical (unpaired) electrons. The molecule has 0 spiro atoms. The van der Waals surface area contributed by atoms with Gasteiger partial charge in [-0.1, -0.05) is 18.2 Å². The topological polar surface area (TPSA) is 58.0 Å². The minimum atomic E-state index is 0.0520. The van der Waals surface area contributed by atoms with E-state index in [1.807, 2.05) is 42.5 Å². The third-order valence-corrected chi connectivity index (χ3v) is 4.23. The molecule has 2 aromatic rings. The Morgan fingerprint density at radius 1 is 1.04 bits per heavy atom. The van der Waals surface area contributed by atoms with E-state index in [-0.39, 0.29) is 5.91 Å². The van der Waals surface area contributed by atoms with E-state index < -0.39 is 0 Å². The van der Waals surface area contributed by atoms with Crippen LogP contribution in [0.4, 0.5) is 0 Å². The van der Waals surface area contributed by atoms with Gasteiger partial charge in [0.15, 0.2) is 0 Å². The summed E-state index contributed by atoms with van der Waals surface area (Å²) in [6, 6.07) is 13.5. The van der Waals surface area contributed by atoms with Gasteiger partial charge in [-0.15, -0.1) is 0 Å². The Balaban J connectivity index is 1.27. The number of carbonyl (C=O) groups excluding carboxylic acids is 1. The molecule has 0 saturated carbocycles. The summed E-state index contributed by atoms with van der Waals surface area (Å²) in [6.45, 7) is 5.97. The minimum absolute atomic E-state index is 0.0520. The van der Waals surface area contributed by atoms with Crippen molar-refractivity contribution in [3.63, 3.8) is 0 Å². The molecule has 134 valence electrons. The van der Waals surface area contributed by atoms with E-state index >= 15 is 0 Å². The van der Waals surface area contributed by atoms with Crippen LogP contribution in [0.3, 0.4) is 0 Å². The molecular weight excluding hydrogens is 318 g/mol. The van der Waals surface area contributed by atoms with E-state index in [1.54, 1.807) is 6.26 Å². The molecule has 1 aromatic carbocycles. The number of hydrogen-bond acceptors (Lipinski definition) is 5. The number of nitrogens with one attached hydrogen (secondary N) is 1. The van der Waals surface area contributed by atoms with Crippen molar-refractivity contribution in [1.82, 2.24) is 15.1 Å². The summed E-state index contributed by atoms with van der Waals surface area (Å²) >= 11 is 0. The molecule has 1 aliphatic rings. The average Bonchev–Trinajstić information content (AvgIpc) is 3.14. The zero-order chi connectivity index (χ0) is 17.3. The molecule has 1 amide bonds. The number of piperazine rings is 1. The molecule has 6 heteroatoms. The SMILES string of the molecule is O=C(CN1CCN(Cc2ccco2)CC1)NCCOc1ccccc1. The van der Waals surface area contributed by atoms with Crippen molar-refractivity contribution < 1.29 is 13.9 Å². The molecule has 1 N–H and O–H groups in total. The third-order valence-electron chi connectivity index (χ3n) is 4.23. The van der Waals surface area contributed by atoms with Crippen molar-refractivity contribution in [3.8, 4) is 5.75 Å². The largest absolute Gasteiger partial charge is 0.492 e. The van der Waals surface area contributed by atoms with Crippen LogP contribution in [0.15, 0.2) is 53.1 Å². The first-order chi connectivity index (χ1) is 12.3. The summed E-state index contributed by atoms with van der Waals surface area (Å²) in [7, 11) is 0. The zero-order valence-corrected chi connectivity index (χ0v) is 14.4. The summed E-state index contributed by atoms with van der Waals surface area (Å²) in [5.41, 5.74) is 0. The maximum Gasteiger partial charge on any atom is 0.234 e. The molecule has 0 atom stereocenters. The molecule has 0 unspecified atom stereocenters. The van der Waals surface area contributed by atoms with E-state index in [4.69, 9.17) is 9.15 Å². The highest BCUT2D eigenvalue weighted by atomic mass is 16.5. The predicted octanol–water partition coefficient (Wildman–Crippen LogP) is 1.59. The van der Waals surface area contributed by atoms with Gasteiger partial charge in [0.05, 0.1) is 25.9 Å². The number of benzene rings is 1. The molecule has 6 nitrogen and oxygen atoms in total. The highest BCUT2D eigenvalue weighted by molar-refractivity contribution is 5.78. The smallest absolute Gasteiger partial charge is 0.234 e. The average molecular weight is 343 g/mol. The monoisotopic (exact) mass is 343 g/mol. The van der Waals surface area contributed by atoms with Gasteiger partial charge in [0.25, 0.3) is 0 Å². The normalized spacial score (nSPS) is 15.8. The van der Waals surface area contributed by atoms with Gasteiger partial charge in [-0.3, -0.25) is 14.6 Å². The van der Waals surface area contributed by atoms with Crippen LogP contribution >= 0.6 is 0 Å². The van der Waals surface area contributed by atoms with E-state index in [0.29, 0.717) is 19.7 Å². The Kier molecular flexibility index (Phi) is 6.48. The van der Waals surface area contributed by atoms with Crippen LogP contribution < -0.4 is 10.1 Å². The molecule has 1 aliphatic heterocycles. The lowest BCUT2D eigenvalue weighted by Crippen LogP contribution is -2.49. The van der Waals surface area contributed by atoms with Crippen molar-refractivity contribution in [2.45, 2.75) is 6.54 Å². The first-order valence-electron chi connectivity index (χ1n) is 8.71. The van der Waals surface area contributed by atoms with Crippen LogP contribution in [-0.4, -0.2) is 61.6 Å². The van der Waals surface area contributed by atoms with Gasteiger partial charge < -0.3 is 14.5 Å². The van der Waals surface area contributed by atoms with Crippen LogP contribution in [0.25, 0.3) is 0 Å². The number of nitrogens with zero attached hydrogens (tertiary/aromatic N) is 2. The molecular formula is C19H25N3O3. The Morgan fingerprint density at radius 3 is 2.52 bits per heavy atom. The molecule has 0 bridgehead atoms. The fourth-order valence-electron chi connectivity index (χ4n) is 2.86. The second kappa shape index (κ2) is 9.25. The molecule has 0 aliphatic carbocycles. The van der Waals surface area contributed by atoms with Crippen LogP contribution in [0.5, 0.6) is 5.75 Å². The maximum atomic E-state index is 12.0. The first-order valence-corrected chi connectivity index (χ1v) is 8.71. The minimum Gasteiger partial charge on any atom is -0.492 e. The van der Waals surface area contributed by atoms with Gasteiger partial charge in [0.1, 0.15) is 18.1 Å². The Hall–Kier alpha value is -2.31. The maximum absolute atomic E-state index is 12.0. The summed E-state index contributed by atoms with van der Waals surface area (Å²) in [4.78, 5) is 16.6. The van der Waals surface area contributed by atoms with E-state index in [0.717, 1.165) is 44.2 Å². The first kappa shape index (κ1) is 17.5. The number of furan rings is 1. The number of rotatable bonds is 8. The number of carbonyl (C=O) groups is 1. The van der Waals surface area contributed by atoms with Gasteiger partial charge in [0.2, 0.25) is 5.91 Å². The molecule has 1 saturated heterocycles. The summed E-state index contributed by atoms with van der Waals surface area (Å²) in [5.74, 6) is 1.87. The number of ether oxygens (including phenoxy) is 1. The van der Waals surface area contributed by atoms with Gasteiger partial charge in [-0.2, -0.15) is 0 Å². The van der Waals surface area contributed by atoms with Gasteiger partial charge in [0, 0.05) is 26.2 Å². The van der Waals surface area contributed by atoms with E-state index in [9.17, 15) is 4.79 Å². The zero-order valence-electron chi connectivity index (χ0n) is 14.4. The standard InChI is InChI=1S/C19H25N3O3/c23-19(20-8-14-25-17-5-2-1-3-6-17)16-22-11-9-21(10-12-22)15-18-7-4-13-24-18/h1-7,13H,8-12,14-16H2,(H,20,23). The lowest BCUT2D eigenvalue weighted by molar-refractivity contribution is -0.122. The van der Waals surface area contributed by atoms with Gasteiger partial charge in [-0.05, 0) is 24.3 Å². The van der Waals surface area contributed by atoms with Crippen molar-refractivity contribution in [3.05, 3.63) is 54.5 Å². The number of para-hydroxylation sites is 1. The van der Waals surface area contributed by atoms with Crippen molar-refractivity contribution in [2.75, 3.05) is 45.9 Å². The fourth-order valence-corrected chi connectivity index (χ4v) is 2.86. The lowest BCUT2D eigenvalue weighted by Gasteiger charge is -2.33. The number of amides is 1. The quantitative estimate of drug-likeness (QED) is 0.738. The Labute approximate surface area is 148 Å². The summed E-state index contributed by atoms with van der Waals surface area (Å²) in [6.07, 6.45) is 1.71. The van der Waals surface area contributed by atoms with Crippen molar-refractivity contribution in [2.24, 2.45) is 0 Å². The number of hydrogen-bond donors (Lipinski definition) is 1. The Bertz CT molecular complexity index is 623. The third kappa shape index (κ3) is 5.92. The van der Waals surface area contributed by atoms with Crippen LogP contribution in [0.2, 0.25) is 0 Å². The van der Waals surface area contributed by atoms with Crippen LogP contribution in [0.1, 0.15) is 5.76 Å². The van der Waals surface area contributed by atoms with Gasteiger partial charge in [-0.25, -0.2) is 0 Å². The van der Waals surface area contributed by atoms with Crippen LogP contribution in [0, 0.1) is 0 Å². The summed E-state index contributed by atoms with van der Waals surface area (Å²) < 4.78 is 10.9. The van der Waals surface area contributed by atoms with E-state index in [2.05, 4.69) is 15.1 Å². The predicted molar refractivity (Wildman–Crippen MR) is 95.4 cm³/mol. The molecule has 2 heterocycles. The Morgan fingerprint density at radius 2 is 1.80 bits per heavy atom. The highest BCUT2D eigenvalue weighted by Gasteiger charge is 2.19. The molecule has 1 aromatic heterocycles. The lowest BCUT2D eigenvalue weighted by atomic mass is 10.3. The van der Waals surface area contributed by atoms with Crippen molar-refractivity contribution in [1.29, 1.82) is 0 Å². The highest BCUT2D eigenvalue weighted by Crippen LogP contribution is 2.09. The summed E-state index contributed by atoms with van der Waals surface area (Å²) in [5, 5.41) is 2.91. The van der Waals surface area contributed by atoms with E-state index in [1.165, 1.54) is 0 Å². The molecule has 1 fully saturated rings.